The summed E-state index contributed by atoms with van der Waals surface area (Å²) in [4.78, 5) is 37.7. The van der Waals surface area contributed by atoms with Gasteiger partial charge in [-0.3, -0.25) is 14.9 Å². The number of hydrogen-bond acceptors (Lipinski definition) is 5. The van der Waals surface area contributed by atoms with Crippen LogP contribution in [0.4, 0.5) is 11.4 Å². The second-order valence-corrected chi connectivity index (χ2v) is 6.66. The molecule has 0 fully saturated rings. The molecular weight excluding hydrogens is 348 g/mol. The van der Waals surface area contributed by atoms with Crippen molar-refractivity contribution in [2.45, 2.75) is 39.3 Å². The highest BCUT2D eigenvalue weighted by molar-refractivity contribution is 6.02. The molecule has 2 aromatic rings. The number of rotatable bonds is 4. The minimum absolute atomic E-state index is 0.0520. The van der Waals surface area contributed by atoms with Crippen LogP contribution in [0.1, 0.15) is 35.3 Å². The fraction of sp³-hybridized carbons (Fsp3) is 0.300. The first-order chi connectivity index (χ1) is 12.8. The molecule has 2 unspecified atom stereocenters. The molecule has 1 heterocycles. The summed E-state index contributed by atoms with van der Waals surface area (Å²) in [6.07, 6.45) is -0.337. The molecule has 140 valence electrons. The number of benzene rings is 2. The van der Waals surface area contributed by atoms with Gasteiger partial charge in [0, 0.05) is 17.8 Å². The molecule has 2 atom stereocenters. The Balaban J connectivity index is 1.82. The molecule has 0 bridgehead atoms. The van der Waals surface area contributed by atoms with E-state index in [2.05, 4.69) is 0 Å². The van der Waals surface area contributed by atoms with E-state index >= 15 is 0 Å². The van der Waals surface area contributed by atoms with Gasteiger partial charge in [0.25, 0.3) is 11.6 Å². The number of nitro benzene ring substituents is 1. The molecule has 2 aromatic carbocycles. The number of esters is 1. The summed E-state index contributed by atoms with van der Waals surface area (Å²) in [5.41, 5.74) is 1.83. The van der Waals surface area contributed by atoms with Gasteiger partial charge in [-0.1, -0.05) is 30.3 Å². The van der Waals surface area contributed by atoms with Crippen molar-refractivity contribution in [3.8, 4) is 0 Å². The Bertz CT molecular complexity index is 924. The van der Waals surface area contributed by atoms with E-state index in [1.54, 1.807) is 17.9 Å². The summed E-state index contributed by atoms with van der Waals surface area (Å²) in [5.74, 6) is -1.22. The third-order valence-corrected chi connectivity index (χ3v) is 4.73. The molecule has 0 spiro atoms. The number of aryl methyl sites for hydroxylation is 1. The topological polar surface area (TPSA) is 89.7 Å². The molecule has 0 saturated carbocycles. The molecule has 1 aliphatic rings. The van der Waals surface area contributed by atoms with Gasteiger partial charge < -0.3 is 9.64 Å². The van der Waals surface area contributed by atoms with Crippen LogP contribution < -0.4 is 4.90 Å². The number of para-hydroxylation sites is 1. The molecule has 0 saturated heterocycles. The molecule has 27 heavy (non-hydrogen) atoms. The standard InChI is InChI=1S/C20H20N2O5/c1-12-7-6-10-17(22(25)26)18(12)20(24)27-14(3)19(23)21-13(2)11-15-8-4-5-9-16(15)21/h4-10,13-14H,11H2,1-3H3. The predicted octanol–water partition coefficient (Wildman–Crippen LogP) is 3.43. The van der Waals surface area contributed by atoms with Crippen LogP contribution in [-0.4, -0.2) is 28.9 Å². The molecule has 1 amide bonds. The Morgan fingerprint density at radius 2 is 1.93 bits per heavy atom. The molecule has 1 aliphatic heterocycles. The SMILES string of the molecule is Cc1cccc([N+](=O)[O-])c1C(=O)OC(C)C(=O)N1c2ccccc2CC1C. The zero-order valence-corrected chi connectivity index (χ0v) is 15.3. The summed E-state index contributed by atoms with van der Waals surface area (Å²) in [6.45, 7) is 5.01. The van der Waals surface area contributed by atoms with Crippen molar-refractivity contribution < 1.29 is 19.2 Å². The number of amides is 1. The lowest BCUT2D eigenvalue weighted by molar-refractivity contribution is -0.385. The van der Waals surface area contributed by atoms with E-state index in [-0.39, 0.29) is 23.2 Å². The Hall–Kier alpha value is -3.22. The summed E-state index contributed by atoms with van der Waals surface area (Å²) < 4.78 is 5.31. The molecule has 0 aromatic heterocycles. The van der Waals surface area contributed by atoms with Gasteiger partial charge in [-0.05, 0) is 44.4 Å². The van der Waals surface area contributed by atoms with Gasteiger partial charge in [-0.25, -0.2) is 4.79 Å². The first-order valence-electron chi connectivity index (χ1n) is 8.67. The maximum Gasteiger partial charge on any atom is 0.346 e. The lowest BCUT2D eigenvalue weighted by atomic mass is 10.1. The molecule has 3 rings (SSSR count). The number of carbonyl (C=O) groups excluding carboxylic acids is 2. The van der Waals surface area contributed by atoms with Crippen LogP contribution in [0.15, 0.2) is 42.5 Å². The number of hydrogen-bond donors (Lipinski definition) is 0. The second-order valence-electron chi connectivity index (χ2n) is 6.66. The molecular formula is C20H20N2O5. The zero-order valence-electron chi connectivity index (χ0n) is 15.3. The number of ether oxygens (including phenoxy) is 1. The van der Waals surface area contributed by atoms with Gasteiger partial charge in [0.05, 0.1) is 4.92 Å². The van der Waals surface area contributed by atoms with Crippen LogP contribution >= 0.6 is 0 Å². The van der Waals surface area contributed by atoms with Gasteiger partial charge in [0.15, 0.2) is 6.10 Å². The highest BCUT2D eigenvalue weighted by atomic mass is 16.6. The Labute approximate surface area is 156 Å². The summed E-state index contributed by atoms with van der Waals surface area (Å²) in [7, 11) is 0. The van der Waals surface area contributed by atoms with Crippen LogP contribution in [0.5, 0.6) is 0 Å². The first-order valence-corrected chi connectivity index (χ1v) is 8.67. The normalized spacial score (nSPS) is 16.6. The van der Waals surface area contributed by atoms with Crippen LogP contribution in [0.3, 0.4) is 0 Å². The van der Waals surface area contributed by atoms with Crippen molar-refractivity contribution in [1.82, 2.24) is 0 Å². The molecule has 7 nitrogen and oxygen atoms in total. The van der Waals surface area contributed by atoms with Crippen molar-refractivity contribution >= 4 is 23.3 Å². The minimum atomic E-state index is -1.06. The highest BCUT2D eigenvalue weighted by Gasteiger charge is 2.35. The molecule has 7 heteroatoms. The van der Waals surface area contributed by atoms with E-state index in [4.69, 9.17) is 4.74 Å². The van der Waals surface area contributed by atoms with Crippen molar-refractivity contribution in [3.05, 3.63) is 69.3 Å². The van der Waals surface area contributed by atoms with E-state index in [0.717, 1.165) is 17.7 Å². The second kappa shape index (κ2) is 7.19. The molecule has 0 N–H and O–H groups in total. The van der Waals surface area contributed by atoms with E-state index in [0.29, 0.717) is 5.56 Å². The minimum Gasteiger partial charge on any atom is -0.449 e. The van der Waals surface area contributed by atoms with Crippen molar-refractivity contribution in [2.24, 2.45) is 0 Å². The maximum absolute atomic E-state index is 12.9. The van der Waals surface area contributed by atoms with Crippen LogP contribution in [0.2, 0.25) is 0 Å². The van der Waals surface area contributed by atoms with Crippen LogP contribution in [0, 0.1) is 17.0 Å². The van der Waals surface area contributed by atoms with Gasteiger partial charge >= 0.3 is 5.97 Å². The number of anilines is 1. The van der Waals surface area contributed by atoms with Gasteiger partial charge in [0.2, 0.25) is 0 Å². The third-order valence-electron chi connectivity index (χ3n) is 4.73. The Kier molecular flexibility index (Phi) is 4.94. The zero-order chi connectivity index (χ0) is 19.7. The van der Waals surface area contributed by atoms with Crippen LogP contribution in [-0.2, 0) is 16.0 Å². The number of fused-ring (bicyclic) bond motifs is 1. The van der Waals surface area contributed by atoms with E-state index in [9.17, 15) is 19.7 Å². The molecule has 0 aliphatic carbocycles. The highest BCUT2D eigenvalue weighted by Crippen LogP contribution is 2.32. The number of carbonyl (C=O) groups is 2. The van der Waals surface area contributed by atoms with Crippen molar-refractivity contribution in [2.75, 3.05) is 4.90 Å². The fourth-order valence-electron chi connectivity index (χ4n) is 3.44. The van der Waals surface area contributed by atoms with Gasteiger partial charge in [0.1, 0.15) is 5.56 Å². The molecule has 0 radical (unpaired) electrons. The van der Waals surface area contributed by atoms with Gasteiger partial charge in [-0.2, -0.15) is 0 Å². The van der Waals surface area contributed by atoms with Crippen molar-refractivity contribution in [1.29, 1.82) is 0 Å². The van der Waals surface area contributed by atoms with E-state index < -0.39 is 17.0 Å². The quantitative estimate of drug-likeness (QED) is 0.468. The van der Waals surface area contributed by atoms with Crippen molar-refractivity contribution in [3.63, 3.8) is 0 Å². The number of nitro groups is 1. The Morgan fingerprint density at radius 3 is 2.63 bits per heavy atom. The predicted molar refractivity (Wildman–Crippen MR) is 99.8 cm³/mol. The first kappa shape index (κ1) is 18.6. The number of nitrogens with zero attached hydrogens (tertiary/aromatic N) is 2. The smallest absolute Gasteiger partial charge is 0.346 e. The lowest BCUT2D eigenvalue weighted by Crippen LogP contribution is -2.43. The van der Waals surface area contributed by atoms with E-state index in [1.807, 2.05) is 31.2 Å². The van der Waals surface area contributed by atoms with E-state index in [1.165, 1.54) is 19.1 Å². The lowest BCUT2D eigenvalue weighted by Gasteiger charge is -2.26. The summed E-state index contributed by atoms with van der Waals surface area (Å²) >= 11 is 0. The average Bonchev–Trinajstić information content (AvgIpc) is 2.96. The van der Waals surface area contributed by atoms with Gasteiger partial charge in [-0.15, -0.1) is 0 Å². The maximum atomic E-state index is 12.9. The Morgan fingerprint density at radius 1 is 1.22 bits per heavy atom. The third kappa shape index (κ3) is 3.40. The summed E-state index contributed by atoms with van der Waals surface area (Å²) in [5, 5.41) is 11.2. The monoisotopic (exact) mass is 368 g/mol. The average molecular weight is 368 g/mol. The largest absolute Gasteiger partial charge is 0.449 e. The van der Waals surface area contributed by atoms with Crippen LogP contribution in [0.25, 0.3) is 0 Å². The fourth-order valence-corrected chi connectivity index (χ4v) is 3.44. The summed E-state index contributed by atoms with van der Waals surface area (Å²) in [6, 6.07) is 11.9.